The Morgan fingerprint density at radius 3 is 2.70 bits per heavy atom. The molecule has 1 aromatic heterocycles. The number of nitrogens with one attached hydrogen (secondary N) is 1. The van der Waals surface area contributed by atoms with Gasteiger partial charge in [-0.3, -0.25) is 4.79 Å². The maximum absolute atomic E-state index is 11.2. The molecule has 0 spiro atoms. The van der Waals surface area contributed by atoms with Crippen molar-refractivity contribution in [2.75, 3.05) is 19.6 Å². The third-order valence-electron chi connectivity index (χ3n) is 5.06. The summed E-state index contributed by atoms with van der Waals surface area (Å²) in [6, 6.07) is 14.1. The van der Waals surface area contributed by atoms with Gasteiger partial charge < -0.3 is 20.4 Å². The second kappa shape index (κ2) is 8.75. The number of nitrogens with zero attached hydrogens (tertiary/aromatic N) is 2. The van der Waals surface area contributed by atoms with E-state index in [1.807, 2.05) is 0 Å². The Bertz CT molecular complexity index is 784. The number of rotatable bonds is 5. The number of nitrogens with two attached hydrogens (primary N) is 1. The van der Waals surface area contributed by atoms with Gasteiger partial charge in [-0.15, -0.1) is 0 Å². The van der Waals surface area contributed by atoms with Crippen LogP contribution in [-0.4, -0.2) is 36.4 Å². The molecule has 0 saturated carbocycles. The van der Waals surface area contributed by atoms with E-state index < -0.39 is 5.91 Å². The van der Waals surface area contributed by atoms with Crippen LogP contribution in [0, 0.1) is 5.92 Å². The highest BCUT2D eigenvalue weighted by Gasteiger charge is 2.28. The third-order valence-corrected chi connectivity index (χ3v) is 5.06. The lowest BCUT2D eigenvalue weighted by atomic mass is 9.82. The van der Waals surface area contributed by atoms with Crippen LogP contribution in [0.1, 0.15) is 48.1 Å². The van der Waals surface area contributed by atoms with Crippen LogP contribution in [0.15, 0.2) is 51.9 Å². The number of aliphatic imine (C=N–C) groups is 1. The van der Waals surface area contributed by atoms with E-state index in [-0.39, 0.29) is 5.76 Å². The molecule has 144 valence electrons. The summed E-state index contributed by atoms with van der Waals surface area (Å²) in [5.74, 6) is 2.24. The molecule has 1 aliphatic rings. The van der Waals surface area contributed by atoms with Gasteiger partial charge in [0, 0.05) is 19.6 Å². The number of hydrogen-bond donors (Lipinski definition) is 2. The summed E-state index contributed by atoms with van der Waals surface area (Å²) in [6.07, 6.45) is 1.10. The van der Waals surface area contributed by atoms with Gasteiger partial charge in [-0.2, -0.15) is 0 Å². The zero-order valence-electron chi connectivity index (χ0n) is 16.0. The highest BCUT2D eigenvalue weighted by Crippen LogP contribution is 2.32. The first kappa shape index (κ1) is 19.0. The predicted octanol–water partition coefficient (Wildman–Crippen LogP) is 2.97. The van der Waals surface area contributed by atoms with Crippen LogP contribution in [0.2, 0.25) is 0 Å². The number of carbonyl (C=O) groups excluding carboxylic acids is 1. The third kappa shape index (κ3) is 4.70. The number of hydrogen-bond acceptors (Lipinski definition) is 3. The zero-order chi connectivity index (χ0) is 19.2. The maximum Gasteiger partial charge on any atom is 0.284 e. The number of amides is 1. The molecule has 0 bridgehead atoms. The van der Waals surface area contributed by atoms with Crippen LogP contribution in [0.5, 0.6) is 0 Å². The highest BCUT2D eigenvalue weighted by molar-refractivity contribution is 5.89. The standard InChI is InChI=1S/C21H28N4O2/c1-3-23-21(24-13-17-9-10-19(27-17)20(22)26)25-12-11-18(15(2)14-25)16-7-5-4-6-8-16/h4-10,15,18H,3,11-14H2,1-2H3,(H2,22,26)(H,23,24). The van der Waals surface area contributed by atoms with Gasteiger partial charge in [-0.1, -0.05) is 37.3 Å². The molecule has 0 aliphatic carbocycles. The van der Waals surface area contributed by atoms with Gasteiger partial charge in [0.05, 0.1) is 0 Å². The van der Waals surface area contributed by atoms with Crippen molar-refractivity contribution in [1.82, 2.24) is 10.2 Å². The quantitative estimate of drug-likeness (QED) is 0.628. The Morgan fingerprint density at radius 2 is 2.07 bits per heavy atom. The number of furan rings is 1. The lowest BCUT2D eigenvalue weighted by Crippen LogP contribution is -2.48. The molecule has 2 aromatic rings. The van der Waals surface area contributed by atoms with Crippen molar-refractivity contribution in [3.8, 4) is 0 Å². The average molecular weight is 368 g/mol. The number of likely N-dealkylation sites (tertiary alicyclic amines) is 1. The van der Waals surface area contributed by atoms with Gasteiger partial charge in [0.15, 0.2) is 11.7 Å². The molecular formula is C21H28N4O2. The number of piperidine rings is 1. The van der Waals surface area contributed by atoms with E-state index >= 15 is 0 Å². The lowest BCUT2D eigenvalue weighted by molar-refractivity contribution is 0.0972. The Labute approximate surface area is 160 Å². The minimum Gasteiger partial charge on any atom is -0.454 e. The molecule has 0 radical (unpaired) electrons. The molecule has 1 saturated heterocycles. The second-order valence-corrected chi connectivity index (χ2v) is 7.03. The smallest absolute Gasteiger partial charge is 0.284 e. The van der Waals surface area contributed by atoms with Crippen molar-refractivity contribution < 1.29 is 9.21 Å². The summed E-state index contributed by atoms with van der Waals surface area (Å²) in [7, 11) is 0. The summed E-state index contributed by atoms with van der Waals surface area (Å²) in [5, 5.41) is 3.37. The minimum atomic E-state index is -0.561. The Morgan fingerprint density at radius 1 is 1.30 bits per heavy atom. The molecule has 6 heteroatoms. The van der Waals surface area contributed by atoms with E-state index in [0.717, 1.165) is 32.0 Å². The summed E-state index contributed by atoms with van der Waals surface area (Å²) in [5.41, 5.74) is 6.65. The molecular weight excluding hydrogens is 340 g/mol. The minimum absolute atomic E-state index is 0.169. The molecule has 1 fully saturated rings. The van der Waals surface area contributed by atoms with Crippen LogP contribution >= 0.6 is 0 Å². The summed E-state index contributed by atoms with van der Waals surface area (Å²) in [4.78, 5) is 18.2. The van der Waals surface area contributed by atoms with E-state index in [9.17, 15) is 4.79 Å². The number of guanidine groups is 1. The number of primary amides is 1. The SMILES string of the molecule is CCNC(=NCc1ccc(C(N)=O)o1)N1CCC(c2ccccc2)C(C)C1. The van der Waals surface area contributed by atoms with Gasteiger partial charge in [-0.05, 0) is 42.9 Å². The molecule has 27 heavy (non-hydrogen) atoms. The van der Waals surface area contributed by atoms with Crippen molar-refractivity contribution in [3.05, 3.63) is 59.5 Å². The Balaban J connectivity index is 1.67. The molecule has 2 atom stereocenters. The Kier molecular flexibility index (Phi) is 6.16. The maximum atomic E-state index is 11.2. The van der Waals surface area contributed by atoms with Crippen molar-refractivity contribution >= 4 is 11.9 Å². The fraction of sp³-hybridized carbons (Fsp3) is 0.429. The summed E-state index contributed by atoms with van der Waals surface area (Å²) >= 11 is 0. The monoisotopic (exact) mass is 368 g/mol. The lowest BCUT2D eigenvalue weighted by Gasteiger charge is -2.39. The molecule has 3 rings (SSSR count). The average Bonchev–Trinajstić information content (AvgIpc) is 3.15. The van der Waals surface area contributed by atoms with Crippen LogP contribution in [0.25, 0.3) is 0 Å². The number of carbonyl (C=O) groups is 1. The second-order valence-electron chi connectivity index (χ2n) is 7.03. The topological polar surface area (TPSA) is 83.9 Å². The largest absolute Gasteiger partial charge is 0.454 e. The molecule has 1 aromatic carbocycles. The number of benzene rings is 1. The van der Waals surface area contributed by atoms with Gasteiger partial charge in [0.2, 0.25) is 0 Å². The van der Waals surface area contributed by atoms with E-state index in [2.05, 4.69) is 54.4 Å². The van der Waals surface area contributed by atoms with Crippen LogP contribution in [0.4, 0.5) is 0 Å². The fourth-order valence-electron chi connectivity index (χ4n) is 3.71. The first-order valence-corrected chi connectivity index (χ1v) is 9.55. The highest BCUT2D eigenvalue weighted by atomic mass is 16.3. The van der Waals surface area contributed by atoms with Crippen molar-refractivity contribution in [2.45, 2.75) is 32.7 Å². The van der Waals surface area contributed by atoms with Crippen LogP contribution in [0.3, 0.4) is 0 Å². The first-order valence-electron chi connectivity index (χ1n) is 9.55. The zero-order valence-corrected chi connectivity index (χ0v) is 16.0. The van der Waals surface area contributed by atoms with Crippen molar-refractivity contribution in [2.24, 2.45) is 16.6 Å². The molecule has 1 amide bonds. The molecule has 6 nitrogen and oxygen atoms in total. The Hall–Kier alpha value is -2.76. The first-order chi connectivity index (χ1) is 13.1. The van der Waals surface area contributed by atoms with Crippen molar-refractivity contribution in [1.29, 1.82) is 0 Å². The molecule has 1 aliphatic heterocycles. The van der Waals surface area contributed by atoms with Crippen molar-refractivity contribution in [3.63, 3.8) is 0 Å². The van der Waals surface area contributed by atoms with E-state index in [1.165, 1.54) is 5.56 Å². The van der Waals surface area contributed by atoms with E-state index in [4.69, 9.17) is 15.1 Å². The van der Waals surface area contributed by atoms with E-state index in [0.29, 0.717) is 24.1 Å². The van der Waals surface area contributed by atoms with Gasteiger partial charge in [0.1, 0.15) is 12.3 Å². The summed E-state index contributed by atoms with van der Waals surface area (Å²) < 4.78 is 5.43. The van der Waals surface area contributed by atoms with Gasteiger partial charge in [-0.25, -0.2) is 4.99 Å². The molecule has 2 unspecified atom stereocenters. The predicted molar refractivity (Wildman–Crippen MR) is 107 cm³/mol. The van der Waals surface area contributed by atoms with E-state index in [1.54, 1.807) is 12.1 Å². The fourth-order valence-corrected chi connectivity index (χ4v) is 3.71. The van der Waals surface area contributed by atoms with Gasteiger partial charge in [0.25, 0.3) is 5.91 Å². The molecule has 3 N–H and O–H groups in total. The molecule has 2 heterocycles. The van der Waals surface area contributed by atoms with Crippen LogP contribution in [-0.2, 0) is 6.54 Å². The summed E-state index contributed by atoms with van der Waals surface area (Å²) in [6.45, 7) is 7.46. The van der Waals surface area contributed by atoms with Gasteiger partial charge >= 0.3 is 0 Å². The normalized spacial score (nSPS) is 20.5. The van der Waals surface area contributed by atoms with Crippen LogP contribution < -0.4 is 11.1 Å².